The fraction of sp³-hybridized carbons (Fsp3) is 0.222. The monoisotopic (exact) mass is 329 g/mol. The van der Waals surface area contributed by atoms with Gasteiger partial charge in [-0.3, -0.25) is 14.5 Å². The summed E-state index contributed by atoms with van der Waals surface area (Å²) < 4.78 is 23.7. The van der Waals surface area contributed by atoms with E-state index in [1.807, 2.05) is 0 Å². The van der Waals surface area contributed by atoms with Crippen LogP contribution in [0.3, 0.4) is 0 Å². The van der Waals surface area contributed by atoms with Gasteiger partial charge in [0, 0.05) is 7.11 Å². The highest BCUT2D eigenvalue weighted by atomic mass is 19.1. The molecule has 24 heavy (non-hydrogen) atoms. The zero-order valence-corrected chi connectivity index (χ0v) is 13.1. The zero-order chi connectivity index (χ0) is 17.1. The number of hydrogen-bond donors (Lipinski definition) is 0. The quantitative estimate of drug-likeness (QED) is 0.765. The summed E-state index contributed by atoms with van der Waals surface area (Å²) in [6.07, 6.45) is 0. The molecule has 0 saturated heterocycles. The molecule has 2 amide bonds. The van der Waals surface area contributed by atoms with Crippen LogP contribution in [0.15, 0.2) is 42.5 Å². The first-order valence-corrected chi connectivity index (χ1v) is 7.46. The molecule has 2 aromatic carbocycles. The van der Waals surface area contributed by atoms with Crippen molar-refractivity contribution in [3.8, 4) is 5.75 Å². The lowest BCUT2D eigenvalue weighted by Gasteiger charge is -2.12. The molecule has 0 saturated carbocycles. The number of methoxy groups -OCH3 is 1. The molecule has 0 spiro atoms. The van der Waals surface area contributed by atoms with Gasteiger partial charge in [0.25, 0.3) is 11.8 Å². The molecule has 2 aromatic rings. The molecular weight excluding hydrogens is 313 g/mol. The predicted molar refractivity (Wildman–Crippen MR) is 84.4 cm³/mol. The number of carbonyl (C=O) groups is 2. The molecule has 0 aliphatic carbocycles. The van der Waals surface area contributed by atoms with Crippen molar-refractivity contribution >= 4 is 11.8 Å². The minimum atomic E-state index is -0.358. The summed E-state index contributed by atoms with van der Waals surface area (Å²) in [5, 5.41) is 0. The SMILES string of the molecule is COCCN1C(=O)c2ccc(OCc3cccc(F)c3)cc2C1=O. The molecule has 1 aliphatic rings. The van der Waals surface area contributed by atoms with Crippen molar-refractivity contribution in [2.75, 3.05) is 20.3 Å². The van der Waals surface area contributed by atoms with Gasteiger partial charge in [0.05, 0.1) is 24.3 Å². The van der Waals surface area contributed by atoms with Gasteiger partial charge in [-0.2, -0.15) is 0 Å². The Morgan fingerprint density at radius 3 is 2.58 bits per heavy atom. The van der Waals surface area contributed by atoms with Crippen LogP contribution in [0.25, 0.3) is 0 Å². The highest BCUT2D eigenvalue weighted by molar-refractivity contribution is 6.21. The molecule has 0 radical (unpaired) electrons. The Bertz CT molecular complexity index is 790. The van der Waals surface area contributed by atoms with E-state index < -0.39 is 0 Å². The van der Waals surface area contributed by atoms with Crippen molar-refractivity contribution < 1.29 is 23.5 Å². The Morgan fingerprint density at radius 1 is 1.04 bits per heavy atom. The summed E-state index contributed by atoms with van der Waals surface area (Å²) in [6.45, 7) is 0.669. The molecule has 1 heterocycles. The van der Waals surface area contributed by atoms with Crippen LogP contribution in [-0.2, 0) is 11.3 Å². The van der Waals surface area contributed by atoms with Gasteiger partial charge in [0.15, 0.2) is 0 Å². The first kappa shape index (κ1) is 16.1. The average molecular weight is 329 g/mol. The van der Waals surface area contributed by atoms with Gasteiger partial charge in [-0.15, -0.1) is 0 Å². The van der Waals surface area contributed by atoms with E-state index in [0.29, 0.717) is 22.4 Å². The van der Waals surface area contributed by atoms with Gasteiger partial charge in [-0.25, -0.2) is 4.39 Å². The Morgan fingerprint density at radius 2 is 1.83 bits per heavy atom. The molecule has 1 aliphatic heterocycles. The normalized spacial score (nSPS) is 13.3. The number of halogens is 1. The van der Waals surface area contributed by atoms with Gasteiger partial charge in [-0.05, 0) is 35.9 Å². The summed E-state index contributed by atoms with van der Waals surface area (Å²) in [5.41, 5.74) is 1.35. The lowest BCUT2D eigenvalue weighted by molar-refractivity contribution is 0.0603. The summed E-state index contributed by atoms with van der Waals surface area (Å²) in [5.74, 6) is -0.570. The second-order valence-corrected chi connectivity index (χ2v) is 5.38. The first-order chi connectivity index (χ1) is 11.6. The number of nitrogens with zero attached hydrogens (tertiary/aromatic N) is 1. The molecule has 6 heteroatoms. The van der Waals surface area contributed by atoms with E-state index in [0.717, 1.165) is 4.90 Å². The number of rotatable bonds is 6. The highest BCUT2D eigenvalue weighted by Crippen LogP contribution is 2.27. The molecular formula is C18H16FNO4. The second kappa shape index (κ2) is 6.80. The largest absolute Gasteiger partial charge is 0.489 e. The molecule has 5 nitrogen and oxygen atoms in total. The van der Waals surface area contributed by atoms with Gasteiger partial charge in [0.1, 0.15) is 18.2 Å². The Labute approximate surface area is 138 Å². The summed E-state index contributed by atoms with van der Waals surface area (Å²) in [4.78, 5) is 25.7. The van der Waals surface area contributed by atoms with Gasteiger partial charge in [0.2, 0.25) is 0 Å². The van der Waals surface area contributed by atoms with E-state index in [2.05, 4.69) is 0 Å². The zero-order valence-electron chi connectivity index (χ0n) is 13.1. The van der Waals surface area contributed by atoms with E-state index in [4.69, 9.17) is 9.47 Å². The van der Waals surface area contributed by atoms with Crippen molar-refractivity contribution in [1.29, 1.82) is 0 Å². The van der Waals surface area contributed by atoms with Crippen LogP contribution in [0.5, 0.6) is 5.75 Å². The Kier molecular flexibility index (Phi) is 4.57. The van der Waals surface area contributed by atoms with E-state index in [-0.39, 0.29) is 37.4 Å². The van der Waals surface area contributed by atoms with Crippen LogP contribution in [0.1, 0.15) is 26.3 Å². The maximum absolute atomic E-state index is 13.2. The lowest BCUT2D eigenvalue weighted by atomic mass is 10.1. The van der Waals surface area contributed by atoms with Gasteiger partial charge in [-0.1, -0.05) is 12.1 Å². The predicted octanol–water partition coefficient (Wildman–Crippen LogP) is 2.65. The molecule has 0 unspecified atom stereocenters. The third kappa shape index (κ3) is 3.14. The minimum absolute atomic E-state index is 0.173. The number of hydrogen-bond acceptors (Lipinski definition) is 4. The molecule has 0 fully saturated rings. The summed E-state index contributed by atoms with van der Waals surface area (Å²) in [6, 6.07) is 10.8. The maximum atomic E-state index is 13.2. The maximum Gasteiger partial charge on any atom is 0.261 e. The third-order valence-corrected chi connectivity index (χ3v) is 3.76. The smallest absolute Gasteiger partial charge is 0.261 e. The van der Waals surface area contributed by atoms with Crippen LogP contribution < -0.4 is 4.74 Å². The summed E-state index contributed by atoms with van der Waals surface area (Å²) >= 11 is 0. The van der Waals surface area contributed by atoms with Crippen LogP contribution in [0.4, 0.5) is 4.39 Å². The molecule has 3 rings (SSSR count). The van der Waals surface area contributed by atoms with Gasteiger partial charge < -0.3 is 9.47 Å². The van der Waals surface area contributed by atoms with Gasteiger partial charge >= 0.3 is 0 Å². The van der Waals surface area contributed by atoms with Crippen LogP contribution in [0, 0.1) is 5.82 Å². The van der Waals surface area contributed by atoms with Crippen LogP contribution in [-0.4, -0.2) is 37.0 Å². The molecule has 124 valence electrons. The fourth-order valence-corrected chi connectivity index (χ4v) is 2.54. The fourth-order valence-electron chi connectivity index (χ4n) is 2.54. The van der Waals surface area contributed by atoms with E-state index in [1.54, 1.807) is 30.3 Å². The number of ether oxygens (including phenoxy) is 2. The number of amides is 2. The van der Waals surface area contributed by atoms with Crippen molar-refractivity contribution in [3.05, 3.63) is 65.0 Å². The van der Waals surface area contributed by atoms with E-state index in [9.17, 15) is 14.0 Å². The Hall–Kier alpha value is -2.73. The highest BCUT2D eigenvalue weighted by Gasteiger charge is 2.35. The molecule has 0 atom stereocenters. The number of benzene rings is 2. The van der Waals surface area contributed by atoms with E-state index >= 15 is 0 Å². The lowest BCUT2D eigenvalue weighted by Crippen LogP contribution is -2.32. The summed E-state index contributed by atoms with van der Waals surface area (Å²) in [7, 11) is 1.51. The van der Waals surface area contributed by atoms with E-state index in [1.165, 1.54) is 19.2 Å². The average Bonchev–Trinajstić information content (AvgIpc) is 2.82. The molecule has 0 N–H and O–H groups in total. The second-order valence-electron chi connectivity index (χ2n) is 5.38. The topological polar surface area (TPSA) is 55.8 Å². The van der Waals surface area contributed by atoms with Crippen molar-refractivity contribution in [3.63, 3.8) is 0 Å². The third-order valence-electron chi connectivity index (χ3n) is 3.76. The van der Waals surface area contributed by atoms with Crippen LogP contribution >= 0.6 is 0 Å². The molecule has 0 aromatic heterocycles. The number of imide groups is 1. The standard InChI is InChI=1S/C18H16FNO4/c1-23-8-7-20-17(21)15-6-5-14(10-16(15)18(20)22)24-11-12-3-2-4-13(19)9-12/h2-6,9-10H,7-8,11H2,1H3. The molecule has 0 bridgehead atoms. The van der Waals surface area contributed by atoms with Crippen molar-refractivity contribution in [2.45, 2.75) is 6.61 Å². The van der Waals surface area contributed by atoms with Crippen molar-refractivity contribution in [1.82, 2.24) is 4.90 Å². The minimum Gasteiger partial charge on any atom is -0.489 e. The Balaban J connectivity index is 1.74. The first-order valence-electron chi connectivity index (χ1n) is 7.46. The number of fused-ring (bicyclic) bond motifs is 1. The van der Waals surface area contributed by atoms with Crippen molar-refractivity contribution in [2.24, 2.45) is 0 Å². The van der Waals surface area contributed by atoms with Crippen LogP contribution in [0.2, 0.25) is 0 Å². The number of carbonyl (C=O) groups excluding carboxylic acids is 2.